The molecule has 2 fully saturated rings. The zero-order valence-corrected chi connectivity index (χ0v) is 10.7. The number of ether oxygens (including phenoxy) is 1. The highest BCUT2D eigenvalue weighted by Crippen LogP contribution is 2.43. The molecule has 0 saturated heterocycles. The Bertz CT molecular complexity index is 281. The monoisotopic (exact) mass is 235 g/mol. The van der Waals surface area contributed by atoms with Gasteiger partial charge in [0.2, 0.25) is 0 Å². The Labute approximate surface area is 105 Å². The molecule has 2 N–H and O–H groups in total. The fourth-order valence-electron chi connectivity index (χ4n) is 3.88. The average molecular weight is 235 g/mol. The molecule has 3 aliphatic carbocycles. The molecule has 3 rings (SSSR count). The van der Waals surface area contributed by atoms with Gasteiger partial charge in [-0.25, -0.2) is 0 Å². The van der Waals surface area contributed by atoms with Crippen LogP contribution in [0.1, 0.15) is 38.5 Å². The Morgan fingerprint density at radius 3 is 2.47 bits per heavy atom. The first kappa shape index (κ1) is 11.7. The van der Waals surface area contributed by atoms with Gasteiger partial charge in [-0.3, -0.25) is 0 Å². The van der Waals surface area contributed by atoms with Crippen molar-refractivity contribution in [2.45, 2.75) is 44.6 Å². The predicted octanol–water partition coefficient (Wildman–Crippen LogP) is 2.73. The van der Waals surface area contributed by atoms with E-state index in [4.69, 9.17) is 10.5 Å². The second-order valence-corrected chi connectivity index (χ2v) is 6.25. The van der Waals surface area contributed by atoms with Gasteiger partial charge in [0.25, 0.3) is 0 Å². The van der Waals surface area contributed by atoms with Gasteiger partial charge in [0.05, 0.1) is 12.7 Å². The summed E-state index contributed by atoms with van der Waals surface area (Å²) in [5.74, 6) is 3.29. The third-order valence-corrected chi connectivity index (χ3v) is 5.09. The average Bonchev–Trinajstić information content (AvgIpc) is 2.99. The topological polar surface area (TPSA) is 35.2 Å². The molecule has 2 nitrogen and oxygen atoms in total. The van der Waals surface area contributed by atoms with Gasteiger partial charge in [0.15, 0.2) is 0 Å². The second kappa shape index (κ2) is 5.11. The minimum atomic E-state index is 0.529. The molecule has 96 valence electrons. The van der Waals surface area contributed by atoms with Crippen LogP contribution in [0.15, 0.2) is 12.2 Å². The van der Waals surface area contributed by atoms with Crippen molar-refractivity contribution in [2.75, 3.05) is 13.2 Å². The van der Waals surface area contributed by atoms with E-state index in [0.29, 0.717) is 6.10 Å². The maximum absolute atomic E-state index is 6.14. The molecule has 0 aromatic heterocycles. The van der Waals surface area contributed by atoms with Gasteiger partial charge < -0.3 is 10.5 Å². The minimum Gasteiger partial charge on any atom is -0.378 e. The highest BCUT2D eigenvalue weighted by Gasteiger charge is 2.36. The summed E-state index contributed by atoms with van der Waals surface area (Å²) in [4.78, 5) is 0. The molecule has 2 heteroatoms. The lowest BCUT2D eigenvalue weighted by Gasteiger charge is -2.29. The van der Waals surface area contributed by atoms with Gasteiger partial charge in [-0.1, -0.05) is 12.2 Å². The van der Waals surface area contributed by atoms with E-state index in [9.17, 15) is 0 Å². The van der Waals surface area contributed by atoms with E-state index in [1.807, 2.05) is 0 Å². The van der Waals surface area contributed by atoms with Gasteiger partial charge in [-0.2, -0.15) is 0 Å². The number of fused-ring (bicyclic) bond motifs is 2. The SMILES string of the molecule is NCC1CCC(OCC2CC3C=CC2C3)CC1. The van der Waals surface area contributed by atoms with Crippen molar-refractivity contribution in [3.63, 3.8) is 0 Å². The third-order valence-electron chi connectivity index (χ3n) is 5.09. The molecule has 0 heterocycles. The van der Waals surface area contributed by atoms with Crippen molar-refractivity contribution < 1.29 is 4.74 Å². The zero-order valence-electron chi connectivity index (χ0n) is 10.7. The Morgan fingerprint density at radius 1 is 1.06 bits per heavy atom. The summed E-state index contributed by atoms with van der Waals surface area (Å²) < 4.78 is 6.14. The lowest BCUT2D eigenvalue weighted by molar-refractivity contribution is -0.00422. The summed E-state index contributed by atoms with van der Waals surface area (Å²) in [5, 5.41) is 0. The fourth-order valence-corrected chi connectivity index (χ4v) is 3.88. The van der Waals surface area contributed by atoms with E-state index in [-0.39, 0.29) is 0 Å². The van der Waals surface area contributed by atoms with Crippen LogP contribution in [-0.2, 0) is 4.74 Å². The third kappa shape index (κ3) is 2.58. The molecule has 3 aliphatic rings. The van der Waals surface area contributed by atoms with E-state index in [2.05, 4.69) is 12.2 Å². The van der Waals surface area contributed by atoms with Crippen molar-refractivity contribution >= 4 is 0 Å². The predicted molar refractivity (Wildman–Crippen MR) is 69.6 cm³/mol. The van der Waals surface area contributed by atoms with Gasteiger partial charge >= 0.3 is 0 Å². The highest BCUT2D eigenvalue weighted by atomic mass is 16.5. The van der Waals surface area contributed by atoms with Crippen LogP contribution < -0.4 is 5.73 Å². The molecule has 17 heavy (non-hydrogen) atoms. The number of hydrogen-bond acceptors (Lipinski definition) is 2. The fraction of sp³-hybridized carbons (Fsp3) is 0.867. The summed E-state index contributed by atoms with van der Waals surface area (Å²) in [6, 6.07) is 0. The summed E-state index contributed by atoms with van der Waals surface area (Å²) in [6.07, 6.45) is 13.2. The van der Waals surface area contributed by atoms with E-state index in [1.165, 1.54) is 38.5 Å². The summed E-state index contributed by atoms with van der Waals surface area (Å²) in [6.45, 7) is 1.87. The van der Waals surface area contributed by atoms with Gasteiger partial charge in [0, 0.05) is 0 Å². The molecule has 2 saturated carbocycles. The normalized spacial score (nSPS) is 44.4. The van der Waals surface area contributed by atoms with Gasteiger partial charge in [-0.05, 0) is 68.7 Å². The van der Waals surface area contributed by atoms with Crippen LogP contribution in [0.2, 0.25) is 0 Å². The molecule has 0 aromatic carbocycles. The number of hydrogen-bond donors (Lipinski definition) is 1. The van der Waals surface area contributed by atoms with Crippen LogP contribution in [0.3, 0.4) is 0 Å². The molecule has 3 unspecified atom stereocenters. The lowest BCUT2D eigenvalue weighted by Crippen LogP contribution is -2.28. The molecular formula is C15H25NO. The molecule has 2 bridgehead atoms. The van der Waals surface area contributed by atoms with Crippen molar-refractivity contribution in [3.8, 4) is 0 Å². The largest absolute Gasteiger partial charge is 0.378 e. The van der Waals surface area contributed by atoms with Crippen LogP contribution in [0.5, 0.6) is 0 Å². The van der Waals surface area contributed by atoms with E-state index >= 15 is 0 Å². The van der Waals surface area contributed by atoms with Crippen molar-refractivity contribution in [1.29, 1.82) is 0 Å². The van der Waals surface area contributed by atoms with Crippen molar-refractivity contribution in [3.05, 3.63) is 12.2 Å². The van der Waals surface area contributed by atoms with Crippen LogP contribution >= 0.6 is 0 Å². The Kier molecular flexibility index (Phi) is 3.53. The Balaban J connectivity index is 1.39. The van der Waals surface area contributed by atoms with E-state index in [0.717, 1.165) is 36.8 Å². The minimum absolute atomic E-state index is 0.529. The van der Waals surface area contributed by atoms with Gasteiger partial charge in [-0.15, -0.1) is 0 Å². The first-order valence-electron chi connectivity index (χ1n) is 7.35. The van der Waals surface area contributed by atoms with E-state index < -0.39 is 0 Å². The summed E-state index contributed by atoms with van der Waals surface area (Å²) in [7, 11) is 0. The number of nitrogens with two attached hydrogens (primary N) is 1. The maximum atomic E-state index is 6.14. The Hall–Kier alpha value is -0.340. The molecule has 0 spiro atoms. The Morgan fingerprint density at radius 2 is 1.88 bits per heavy atom. The second-order valence-electron chi connectivity index (χ2n) is 6.25. The molecule has 3 atom stereocenters. The molecular weight excluding hydrogens is 210 g/mol. The smallest absolute Gasteiger partial charge is 0.0575 e. The van der Waals surface area contributed by atoms with E-state index in [1.54, 1.807) is 0 Å². The highest BCUT2D eigenvalue weighted by molar-refractivity contribution is 5.10. The first-order chi connectivity index (χ1) is 8.35. The van der Waals surface area contributed by atoms with Crippen LogP contribution in [-0.4, -0.2) is 19.3 Å². The zero-order chi connectivity index (χ0) is 11.7. The molecule has 0 aliphatic heterocycles. The molecule has 0 aromatic rings. The lowest BCUT2D eigenvalue weighted by atomic mass is 9.87. The van der Waals surface area contributed by atoms with Crippen LogP contribution in [0, 0.1) is 23.7 Å². The quantitative estimate of drug-likeness (QED) is 0.760. The number of rotatable bonds is 4. The van der Waals surface area contributed by atoms with Crippen molar-refractivity contribution in [1.82, 2.24) is 0 Å². The van der Waals surface area contributed by atoms with Crippen LogP contribution in [0.4, 0.5) is 0 Å². The van der Waals surface area contributed by atoms with Crippen LogP contribution in [0.25, 0.3) is 0 Å². The van der Waals surface area contributed by atoms with Crippen molar-refractivity contribution in [2.24, 2.45) is 29.4 Å². The standard InChI is InChI=1S/C15H25NO/c16-9-11-2-5-15(6-3-11)17-10-14-8-12-1-4-13(14)7-12/h1,4,11-15H,2-3,5-10,16H2. The number of allylic oxidation sites excluding steroid dienone is 2. The molecule has 0 amide bonds. The summed E-state index contributed by atoms with van der Waals surface area (Å²) >= 11 is 0. The first-order valence-corrected chi connectivity index (χ1v) is 7.35. The summed E-state index contributed by atoms with van der Waals surface area (Å²) in [5.41, 5.74) is 5.71. The van der Waals surface area contributed by atoms with Gasteiger partial charge in [0.1, 0.15) is 0 Å². The molecule has 0 radical (unpaired) electrons. The maximum Gasteiger partial charge on any atom is 0.0575 e.